The van der Waals surface area contributed by atoms with E-state index in [2.05, 4.69) is 0 Å². The van der Waals surface area contributed by atoms with Gasteiger partial charge in [0.2, 0.25) is 0 Å². The molecule has 0 aliphatic carbocycles. The van der Waals surface area contributed by atoms with Crippen LogP contribution in [0.15, 0.2) is 59.5 Å². The van der Waals surface area contributed by atoms with Crippen molar-refractivity contribution in [3.8, 4) is 0 Å². The van der Waals surface area contributed by atoms with Crippen LogP contribution in [0.4, 0.5) is 5.69 Å². The maximum Gasteiger partial charge on any atom is 0.316 e. The standard InChI is InChI=1S/C15H13NO4S/c17-15(11-21-14-7-2-1-3-8-14)20-10-12-5-4-6-13(9-12)16(18)19/h1-9H,10-11H2. The number of carbonyl (C=O) groups is 1. The van der Waals surface area contributed by atoms with Gasteiger partial charge in [-0.1, -0.05) is 30.3 Å². The van der Waals surface area contributed by atoms with Crippen LogP contribution in [0.5, 0.6) is 0 Å². The van der Waals surface area contributed by atoms with Gasteiger partial charge in [-0.25, -0.2) is 0 Å². The quantitative estimate of drug-likeness (QED) is 0.354. The van der Waals surface area contributed by atoms with Crippen LogP contribution >= 0.6 is 11.8 Å². The number of non-ortho nitro benzene ring substituents is 1. The molecule has 108 valence electrons. The van der Waals surface area contributed by atoms with E-state index in [0.717, 1.165) is 4.90 Å². The average molecular weight is 303 g/mol. The van der Waals surface area contributed by atoms with Crippen LogP contribution < -0.4 is 0 Å². The summed E-state index contributed by atoms with van der Waals surface area (Å²) >= 11 is 1.39. The van der Waals surface area contributed by atoms with Crippen molar-refractivity contribution in [2.75, 3.05) is 5.75 Å². The maximum atomic E-state index is 11.6. The first kappa shape index (κ1) is 15.1. The Morgan fingerprint density at radius 2 is 1.90 bits per heavy atom. The molecule has 0 aliphatic rings. The van der Waals surface area contributed by atoms with E-state index in [1.807, 2.05) is 30.3 Å². The number of nitro benzene ring substituents is 1. The highest BCUT2D eigenvalue weighted by molar-refractivity contribution is 8.00. The number of nitro groups is 1. The van der Waals surface area contributed by atoms with Gasteiger partial charge in [-0.2, -0.15) is 0 Å². The molecule has 0 spiro atoms. The van der Waals surface area contributed by atoms with E-state index in [1.54, 1.807) is 12.1 Å². The molecule has 0 amide bonds. The summed E-state index contributed by atoms with van der Waals surface area (Å²) in [7, 11) is 0. The third-order valence-corrected chi connectivity index (χ3v) is 3.61. The summed E-state index contributed by atoms with van der Waals surface area (Å²) in [5, 5.41) is 10.6. The Morgan fingerprint density at radius 3 is 2.62 bits per heavy atom. The predicted octanol–water partition coefficient (Wildman–Crippen LogP) is 3.43. The van der Waals surface area contributed by atoms with Crippen molar-refractivity contribution >= 4 is 23.4 Å². The molecule has 0 unspecified atom stereocenters. The first-order valence-corrected chi connectivity index (χ1v) is 7.20. The highest BCUT2D eigenvalue weighted by Crippen LogP contribution is 2.18. The Morgan fingerprint density at radius 1 is 1.14 bits per heavy atom. The summed E-state index contributed by atoms with van der Waals surface area (Å²) in [6, 6.07) is 15.6. The Hall–Kier alpha value is -2.34. The fraction of sp³-hybridized carbons (Fsp3) is 0.133. The van der Waals surface area contributed by atoms with Gasteiger partial charge in [0.25, 0.3) is 5.69 Å². The summed E-state index contributed by atoms with van der Waals surface area (Å²) in [5.41, 5.74) is 0.587. The largest absolute Gasteiger partial charge is 0.460 e. The molecule has 0 saturated carbocycles. The van der Waals surface area contributed by atoms with Gasteiger partial charge in [-0.05, 0) is 17.7 Å². The van der Waals surface area contributed by atoms with Crippen molar-refractivity contribution < 1.29 is 14.5 Å². The Kier molecular flexibility index (Phi) is 5.34. The van der Waals surface area contributed by atoms with Gasteiger partial charge >= 0.3 is 5.97 Å². The van der Waals surface area contributed by atoms with Crippen molar-refractivity contribution in [3.63, 3.8) is 0 Å². The normalized spacial score (nSPS) is 10.1. The molecule has 0 atom stereocenters. The Balaban J connectivity index is 1.81. The lowest BCUT2D eigenvalue weighted by atomic mass is 10.2. The van der Waals surface area contributed by atoms with Crippen LogP contribution in [0.25, 0.3) is 0 Å². The average Bonchev–Trinajstić information content (AvgIpc) is 2.52. The van der Waals surface area contributed by atoms with Crippen LogP contribution in [-0.2, 0) is 16.1 Å². The number of nitrogens with zero attached hydrogens (tertiary/aromatic N) is 1. The summed E-state index contributed by atoms with van der Waals surface area (Å²) in [4.78, 5) is 22.8. The van der Waals surface area contributed by atoms with Crippen LogP contribution in [0.1, 0.15) is 5.56 Å². The molecule has 2 rings (SSSR count). The van der Waals surface area contributed by atoms with Gasteiger partial charge in [0.1, 0.15) is 6.61 Å². The second-order valence-electron chi connectivity index (χ2n) is 4.19. The number of ether oxygens (including phenoxy) is 1. The van der Waals surface area contributed by atoms with E-state index in [9.17, 15) is 14.9 Å². The fourth-order valence-corrected chi connectivity index (χ4v) is 2.34. The lowest BCUT2D eigenvalue weighted by molar-refractivity contribution is -0.384. The zero-order valence-corrected chi connectivity index (χ0v) is 11.9. The second-order valence-corrected chi connectivity index (χ2v) is 5.24. The molecule has 0 fully saturated rings. The smallest absolute Gasteiger partial charge is 0.316 e. The van der Waals surface area contributed by atoms with Gasteiger partial charge < -0.3 is 4.74 Å². The number of hydrogen-bond donors (Lipinski definition) is 0. The second kappa shape index (κ2) is 7.44. The number of esters is 1. The van der Waals surface area contributed by atoms with Crippen molar-refractivity contribution in [2.45, 2.75) is 11.5 Å². The molecular formula is C15H13NO4S. The molecule has 0 saturated heterocycles. The number of thioether (sulfide) groups is 1. The first-order chi connectivity index (χ1) is 10.1. The summed E-state index contributed by atoms with van der Waals surface area (Å²) in [5.74, 6) is -0.144. The van der Waals surface area contributed by atoms with Gasteiger partial charge in [0.05, 0.1) is 10.7 Å². The third-order valence-electron chi connectivity index (χ3n) is 2.62. The summed E-state index contributed by atoms with van der Waals surface area (Å²) in [6.45, 7) is 0.0376. The fourth-order valence-electron chi connectivity index (χ4n) is 1.62. The highest BCUT2D eigenvalue weighted by atomic mass is 32.2. The SMILES string of the molecule is O=C(CSc1ccccc1)OCc1cccc([N+](=O)[O-])c1. The van der Waals surface area contributed by atoms with Crippen LogP contribution in [-0.4, -0.2) is 16.6 Å². The molecule has 0 N–H and O–H groups in total. The molecule has 0 aromatic heterocycles. The number of benzene rings is 2. The summed E-state index contributed by atoms with van der Waals surface area (Å²) in [6.07, 6.45) is 0. The number of hydrogen-bond acceptors (Lipinski definition) is 5. The molecule has 0 bridgehead atoms. The maximum absolute atomic E-state index is 11.6. The van der Waals surface area contributed by atoms with Crippen LogP contribution in [0.2, 0.25) is 0 Å². The molecule has 5 nitrogen and oxygen atoms in total. The molecule has 21 heavy (non-hydrogen) atoms. The number of carbonyl (C=O) groups excluding carboxylic acids is 1. The van der Waals surface area contributed by atoms with E-state index < -0.39 is 4.92 Å². The molecule has 2 aromatic carbocycles. The zero-order chi connectivity index (χ0) is 15.1. The van der Waals surface area contributed by atoms with Crippen LogP contribution in [0, 0.1) is 10.1 Å². The van der Waals surface area contributed by atoms with Crippen LogP contribution in [0.3, 0.4) is 0 Å². The Labute approximate surface area is 126 Å². The lowest BCUT2D eigenvalue weighted by Crippen LogP contribution is -2.07. The molecule has 0 radical (unpaired) electrons. The molecule has 0 heterocycles. The molecule has 6 heteroatoms. The highest BCUT2D eigenvalue weighted by Gasteiger charge is 2.08. The number of rotatable bonds is 6. The van der Waals surface area contributed by atoms with E-state index in [0.29, 0.717) is 5.56 Å². The van der Waals surface area contributed by atoms with E-state index in [1.165, 1.54) is 23.9 Å². The minimum Gasteiger partial charge on any atom is -0.460 e. The molecular weight excluding hydrogens is 290 g/mol. The Bertz CT molecular complexity index is 631. The van der Waals surface area contributed by atoms with Crippen molar-refractivity contribution in [3.05, 3.63) is 70.3 Å². The summed E-state index contributed by atoms with van der Waals surface area (Å²) < 4.78 is 5.10. The third kappa shape index (κ3) is 4.92. The van der Waals surface area contributed by atoms with Gasteiger partial charge in [-0.15, -0.1) is 11.8 Å². The minimum absolute atomic E-state index is 0.0118. The lowest BCUT2D eigenvalue weighted by Gasteiger charge is -2.05. The predicted molar refractivity (Wildman–Crippen MR) is 80.1 cm³/mol. The van der Waals surface area contributed by atoms with Gasteiger partial charge in [0, 0.05) is 17.0 Å². The van der Waals surface area contributed by atoms with Crippen molar-refractivity contribution in [2.24, 2.45) is 0 Å². The topological polar surface area (TPSA) is 69.4 Å². The van der Waals surface area contributed by atoms with Gasteiger partial charge in [-0.3, -0.25) is 14.9 Å². The minimum atomic E-state index is -0.476. The first-order valence-electron chi connectivity index (χ1n) is 6.22. The van der Waals surface area contributed by atoms with E-state index in [-0.39, 0.29) is 24.0 Å². The van der Waals surface area contributed by atoms with E-state index in [4.69, 9.17) is 4.74 Å². The van der Waals surface area contributed by atoms with Gasteiger partial charge in [0.15, 0.2) is 0 Å². The molecule has 2 aromatic rings. The monoisotopic (exact) mass is 303 g/mol. The zero-order valence-electron chi connectivity index (χ0n) is 11.1. The van der Waals surface area contributed by atoms with E-state index >= 15 is 0 Å². The molecule has 0 aliphatic heterocycles. The van der Waals surface area contributed by atoms with Crippen molar-refractivity contribution in [1.29, 1.82) is 0 Å². The van der Waals surface area contributed by atoms with Crippen molar-refractivity contribution in [1.82, 2.24) is 0 Å².